The minimum Gasteiger partial charge on any atom is -0.384 e. The van der Waals surface area contributed by atoms with Crippen LogP contribution in [0.15, 0.2) is 0 Å². The van der Waals surface area contributed by atoms with E-state index in [0.717, 1.165) is 25.9 Å². The van der Waals surface area contributed by atoms with E-state index in [-0.39, 0.29) is 12.0 Å². The standard InChI is InChI=1S/C11H22N2O3/c1-15-8-4-11(14)13-6-2-10(3-7-13)16-9-5-12/h10H,2-9,12H2,1H3. The number of likely N-dealkylation sites (tertiary alicyclic amines) is 1. The SMILES string of the molecule is COCCC(=O)N1CCC(OCCN)CC1. The average molecular weight is 230 g/mol. The molecule has 0 aromatic carbocycles. The molecule has 5 heteroatoms. The van der Waals surface area contributed by atoms with Crippen molar-refractivity contribution in [3.05, 3.63) is 0 Å². The molecule has 1 heterocycles. The number of ether oxygens (including phenoxy) is 2. The number of nitrogens with two attached hydrogens (primary N) is 1. The Hall–Kier alpha value is -0.650. The van der Waals surface area contributed by atoms with Gasteiger partial charge in [-0.25, -0.2) is 0 Å². The van der Waals surface area contributed by atoms with E-state index in [9.17, 15) is 4.79 Å². The summed E-state index contributed by atoms with van der Waals surface area (Å²) in [6.45, 7) is 3.26. The molecule has 0 aromatic rings. The summed E-state index contributed by atoms with van der Waals surface area (Å²) >= 11 is 0. The number of rotatable bonds is 6. The van der Waals surface area contributed by atoms with Crippen molar-refractivity contribution >= 4 is 5.91 Å². The minimum atomic E-state index is 0.180. The number of carbonyl (C=O) groups excluding carboxylic acids is 1. The molecule has 0 unspecified atom stereocenters. The zero-order valence-corrected chi connectivity index (χ0v) is 9.98. The third-order valence-electron chi connectivity index (χ3n) is 2.79. The average Bonchev–Trinajstić information content (AvgIpc) is 2.34. The maximum Gasteiger partial charge on any atom is 0.224 e. The van der Waals surface area contributed by atoms with Gasteiger partial charge >= 0.3 is 0 Å². The van der Waals surface area contributed by atoms with Crippen molar-refractivity contribution < 1.29 is 14.3 Å². The van der Waals surface area contributed by atoms with Gasteiger partial charge in [0.25, 0.3) is 0 Å². The molecule has 2 N–H and O–H groups in total. The summed E-state index contributed by atoms with van der Waals surface area (Å²) in [6, 6.07) is 0. The maximum absolute atomic E-state index is 11.7. The molecule has 1 aliphatic heterocycles. The van der Waals surface area contributed by atoms with Crippen LogP contribution < -0.4 is 5.73 Å². The number of carbonyl (C=O) groups is 1. The Morgan fingerprint density at radius 1 is 1.38 bits per heavy atom. The lowest BCUT2D eigenvalue weighted by Crippen LogP contribution is -2.41. The molecule has 1 rings (SSSR count). The van der Waals surface area contributed by atoms with Gasteiger partial charge < -0.3 is 20.1 Å². The second-order valence-electron chi connectivity index (χ2n) is 3.98. The number of hydrogen-bond acceptors (Lipinski definition) is 4. The Morgan fingerprint density at radius 2 is 2.06 bits per heavy atom. The number of nitrogens with zero attached hydrogens (tertiary/aromatic N) is 1. The van der Waals surface area contributed by atoms with Gasteiger partial charge in [0.2, 0.25) is 5.91 Å². The first-order valence-corrected chi connectivity index (χ1v) is 5.86. The molecular weight excluding hydrogens is 208 g/mol. The lowest BCUT2D eigenvalue weighted by Gasteiger charge is -2.31. The summed E-state index contributed by atoms with van der Waals surface area (Å²) in [5.74, 6) is 0.180. The molecule has 94 valence electrons. The van der Waals surface area contributed by atoms with Crippen molar-refractivity contribution in [1.29, 1.82) is 0 Å². The molecule has 0 saturated carbocycles. The molecule has 1 fully saturated rings. The fourth-order valence-electron chi connectivity index (χ4n) is 1.85. The van der Waals surface area contributed by atoms with E-state index in [0.29, 0.717) is 26.2 Å². The summed E-state index contributed by atoms with van der Waals surface area (Å²) < 4.78 is 10.4. The van der Waals surface area contributed by atoms with Gasteiger partial charge in [-0.05, 0) is 12.8 Å². The van der Waals surface area contributed by atoms with Crippen molar-refractivity contribution in [2.24, 2.45) is 5.73 Å². The Morgan fingerprint density at radius 3 is 2.62 bits per heavy atom. The molecule has 16 heavy (non-hydrogen) atoms. The van der Waals surface area contributed by atoms with Crippen LogP contribution in [-0.2, 0) is 14.3 Å². The zero-order valence-electron chi connectivity index (χ0n) is 9.98. The molecular formula is C11H22N2O3. The monoisotopic (exact) mass is 230 g/mol. The molecule has 0 aliphatic carbocycles. The van der Waals surface area contributed by atoms with E-state index in [4.69, 9.17) is 15.2 Å². The molecule has 1 amide bonds. The Bertz CT molecular complexity index is 203. The van der Waals surface area contributed by atoms with Crippen LogP contribution in [0.1, 0.15) is 19.3 Å². The predicted molar refractivity (Wildman–Crippen MR) is 61.1 cm³/mol. The van der Waals surface area contributed by atoms with Gasteiger partial charge in [-0.2, -0.15) is 0 Å². The van der Waals surface area contributed by atoms with Gasteiger partial charge in [-0.1, -0.05) is 0 Å². The normalized spacial score (nSPS) is 17.8. The molecule has 0 radical (unpaired) electrons. The second kappa shape index (κ2) is 7.60. The Labute approximate surface area is 96.9 Å². The molecule has 5 nitrogen and oxygen atoms in total. The molecule has 0 spiro atoms. The molecule has 1 saturated heterocycles. The van der Waals surface area contributed by atoms with Crippen molar-refractivity contribution in [1.82, 2.24) is 4.90 Å². The highest BCUT2D eigenvalue weighted by atomic mass is 16.5. The van der Waals surface area contributed by atoms with Crippen LogP contribution in [0.5, 0.6) is 0 Å². The zero-order chi connectivity index (χ0) is 11.8. The van der Waals surface area contributed by atoms with Crippen molar-refractivity contribution in [2.75, 3.05) is 40.0 Å². The van der Waals surface area contributed by atoms with E-state index in [1.807, 2.05) is 4.90 Å². The smallest absolute Gasteiger partial charge is 0.224 e. The van der Waals surface area contributed by atoms with Crippen LogP contribution >= 0.6 is 0 Å². The van der Waals surface area contributed by atoms with E-state index in [1.54, 1.807) is 7.11 Å². The third-order valence-corrected chi connectivity index (χ3v) is 2.79. The van der Waals surface area contributed by atoms with Crippen molar-refractivity contribution in [3.63, 3.8) is 0 Å². The molecule has 0 aromatic heterocycles. The first-order valence-electron chi connectivity index (χ1n) is 5.86. The van der Waals surface area contributed by atoms with Gasteiger partial charge in [-0.15, -0.1) is 0 Å². The fourth-order valence-corrected chi connectivity index (χ4v) is 1.85. The van der Waals surface area contributed by atoms with E-state index in [1.165, 1.54) is 0 Å². The summed E-state index contributed by atoms with van der Waals surface area (Å²) in [5, 5.41) is 0. The minimum absolute atomic E-state index is 0.180. The Kier molecular flexibility index (Phi) is 6.37. The first kappa shape index (κ1) is 13.4. The lowest BCUT2D eigenvalue weighted by molar-refractivity contribution is -0.134. The van der Waals surface area contributed by atoms with Crippen LogP contribution in [-0.4, -0.2) is 56.9 Å². The van der Waals surface area contributed by atoms with Crippen LogP contribution in [0.2, 0.25) is 0 Å². The lowest BCUT2D eigenvalue weighted by atomic mass is 10.1. The second-order valence-corrected chi connectivity index (χ2v) is 3.98. The number of hydrogen-bond donors (Lipinski definition) is 1. The van der Waals surface area contributed by atoms with E-state index >= 15 is 0 Å². The van der Waals surface area contributed by atoms with Crippen molar-refractivity contribution in [3.8, 4) is 0 Å². The van der Waals surface area contributed by atoms with Crippen LogP contribution in [0, 0.1) is 0 Å². The van der Waals surface area contributed by atoms with E-state index in [2.05, 4.69) is 0 Å². The highest BCUT2D eigenvalue weighted by Gasteiger charge is 2.22. The van der Waals surface area contributed by atoms with Gasteiger partial charge in [0.15, 0.2) is 0 Å². The third kappa shape index (κ3) is 4.47. The maximum atomic E-state index is 11.7. The highest BCUT2D eigenvalue weighted by molar-refractivity contribution is 5.76. The van der Waals surface area contributed by atoms with E-state index < -0.39 is 0 Å². The largest absolute Gasteiger partial charge is 0.384 e. The fraction of sp³-hybridized carbons (Fsp3) is 0.909. The molecule has 0 atom stereocenters. The Balaban J connectivity index is 2.18. The number of amides is 1. The van der Waals surface area contributed by atoms with Gasteiger partial charge in [0, 0.05) is 26.7 Å². The van der Waals surface area contributed by atoms with Gasteiger partial charge in [0.1, 0.15) is 0 Å². The van der Waals surface area contributed by atoms with Crippen LogP contribution in [0.4, 0.5) is 0 Å². The number of methoxy groups -OCH3 is 1. The summed E-state index contributed by atoms with van der Waals surface area (Å²) in [5.41, 5.74) is 5.37. The molecule has 1 aliphatic rings. The topological polar surface area (TPSA) is 64.8 Å². The van der Waals surface area contributed by atoms with Gasteiger partial charge in [0.05, 0.1) is 25.7 Å². The first-order chi connectivity index (χ1) is 7.77. The highest BCUT2D eigenvalue weighted by Crippen LogP contribution is 2.14. The summed E-state index contributed by atoms with van der Waals surface area (Å²) in [4.78, 5) is 13.6. The van der Waals surface area contributed by atoms with Crippen molar-refractivity contribution in [2.45, 2.75) is 25.4 Å². The predicted octanol–water partition coefficient (Wildman–Crippen LogP) is -0.0108. The summed E-state index contributed by atoms with van der Waals surface area (Å²) in [6.07, 6.45) is 2.58. The molecule has 0 bridgehead atoms. The van der Waals surface area contributed by atoms with Crippen LogP contribution in [0.3, 0.4) is 0 Å². The van der Waals surface area contributed by atoms with Crippen LogP contribution in [0.25, 0.3) is 0 Å². The number of piperidine rings is 1. The van der Waals surface area contributed by atoms with Gasteiger partial charge in [-0.3, -0.25) is 4.79 Å². The quantitative estimate of drug-likeness (QED) is 0.697. The summed E-state index contributed by atoms with van der Waals surface area (Å²) in [7, 11) is 1.61.